The number of benzene rings is 1. The number of nitriles is 1. The Bertz CT molecular complexity index is 462. The Morgan fingerprint density at radius 3 is 2.63 bits per heavy atom. The first kappa shape index (κ1) is 15.3. The average Bonchev–Trinajstić information content (AvgIpc) is 2.38. The summed E-state index contributed by atoms with van der Waals surface area (Å²) in [7, 11) is 1.61. The molecule has 0 aliphatic heterocycles. The van der Waals surface area contributed by atoms with Crippen LogP contribution < -0.4 is 15.2 Å². The van der Waals surface area contributed by atoms with Crippen LogP contribution in [0.25, 0.3) is 0 Å². The molecule has 104 valence electrons. The highest BCUT2D eigenvalue weighted by Gasteiger charge is 2.17. The molecular weight excluding hydrogens is 240 g/mol. The van der Waals surface area contributed by atoms with Crippen LogP contribution in [0.1, 0.15) is 38.8 Å². The Hall–Kier alpha value is -1.73. The largest absolute Gasteiger partial charge is 0.497 e. The van der Waals surface area contributed by atoms with Crippen LogP contribution in [0, 0.1) is 16.7 Å². The molecule has 4 heteroatoms. The van der Waals surface area contributed by atoms with Crippen molar-refractivity contribution >= 4 is 0 Å². The number of rotatable bonds is 6. The zero-order valence-electron chi connectivity index (χ0n) is 12.1. The Morgan fingerprint density at radius 2 is 2.11 bits per heavy atom. The fraction of sp³-hybridized carbons (Fsp3) is 0.533. The number of nitrogens with two attached hydrogens (primary N) is 1. The maximum Gasteiger partial charge on any atom is 0.127 e. The molecule has 2 N–H and O–H groups in total. The first-order valence-corrected chi connectivity index (χ1v) is 6.37. The number of ether oxygens (including phenoxy) is 2. The van der Waals surface area contributed by atoms with Gasteiger partial charge in [0.1, 0.15) is 11.5 Å². The second kappa shape index (κ2) is 6.44. The smallest absolute Gasteiger partial charge is 0.127 e. The molecule has 0 bridgehead atoms. The third kappa shape index (κ3) is 4.46. The summed E-state index contributed by atoms with van der Waals surface area (Å²) in [6.45, 7) is 6.18. The van der Waals surface area contributed by atoms with E-state index in [1.165, 1.54) is 0 Å². The van der Waals surface area contributed by atoms with Crippen LogP contribution in [0.2, 0.25) is 0 Å². The van der Waals surface area contributed by atoms with Gasteiger partial charge in [0, 0.05) is 17.7 Å². The first-order chi connectivity index (χ1) is 8.89. The zero-order chi connectivity index (χ0) is 14.5. The minimum absolute atomic E-state index is 0.107. The highest BCUT2D eigenvalue weighted by atomic mass is 16.5. The maximum absolute atomic E-state index is 8.97. The van der Waals surface area contributed by atoms with Crippen molar-refractivity contribution in [3.63, 3.8) is 0 Å². The molecule has 0 amide bonds. The Kier molecular flexibility index (Phi) is 5.20. The molecule has 1 aromatic carbocycles. The maximum atomic E-state index is 8.97. The fourth-order valence-corrected chi connectivity index (χ4v) is 1.61. The molecule has 1 aromatic rings. The lowest BCUT2D eigenvalue weighted by atomic mass is 9.92. The van der Waals surface area contributed by atoms with Crippen LogP contribution >= 0.6 is 0 Å². The van der Waals surface area contributed by atoms with Crippen molar-refractivity contribution in [2.45, 2.75) is 33.2 Å². The van der Waals surface area contributed by atoms with Gasteiger partial charge in [0.05, 0.1) is 25.2 Å². The van der Waals surface area contributed by atoms with E-state index in [0.29, 0.717) is 13.0 Å². The summed E-state index contributed by atoms with van der Waals surface area (Å²) in [6, 6.07) is 7.76. The van der Waals surface area contributed by atoms with E-state index in [1.54, 1.807) is 7.11 Å². The van der Waals surface area contributed by atoms with Gasteiger partial charge in [0.15, 0.2) is 0 Å². The average molecular weight is 262 g/mol. The highest BCUT2D eigenvalue weighted by molar-refractivity contribution is 5.42. The number of methoxy groups -OCH3 is 1. The molecule has 0 aromatic heterocycles. The van der Waals surface area contributed by atoms with Gasteiger partial charge in [-0.15, -0.1) is 0 Å². The molecule has 4 nitrogen and oxygen atoms in total. The zero-order valence-corrected chi connectivity index (χ0v) is 12.1. The van der Waals surface area contributed by atoms with Crippen LogP contribution in [0.4, 0.5) is 0 Å². The quantitative estimate of drug-likeness (QED) is 0.855. The molecule has 0 spiro atoms. The van der Waals surface area contributed by atoms with Crippen molar-refractivity contribution in [1.29, 1.82) is 5.26 Å². The second-order valence-corrected chi connectivity index (χ2v) is 5.29. The van der Waals surface area contributed by atoms with E-state index in [4.69, 9.17) is 20.5 Å². The lowest BCUT2D eigenvalue weighted by molar-refractivity contribution is 0.260. The van der Waals surface area contributed by atoms with Crippen molar-refractivity contribution in [2.24, 2.45) is 11.1 Å². The molecule has 0 aliphatic rings. The molecule has 0 saturated heterocycles. The Morgan fingerprint density at radius 1 is 1.42 bits per heavy atom. The van der Waals surface area contributed by atoms with E-state index in [1.807, 2.05) is 39.0 Å². The van der Waals surface area contributed by atoms with Crippen molar-refractivity contribution in [3.8, 4) is 17.6 Å². The summed E-state index contributed by atoms with van der Waals surface area (Å²) in [4.78, 5) is 0. The summed E-state index contributed by atoms with van der Waals surface area (Å²) in [5.74, 6) is 1.46. The standard InChI is InChI=1S/C15H22N2O2/c1-11(17)13-6-5-12(18-4)9-14(13)19-8-7-15(2,3)10-16/h5-6,9,11H,7-8,17H2,1-4H3/t11-/m1/s1. The molecule has 0 heterocycles. The van der Waals surface area contributed by atoms with Crippen molar-refractivity contribution < 1.29 is 9.47 Å². The minimum Gasteiger partial charge on any atom is -0.497 e. The lowest BCUT2D eigenvalue weighted by Crippen LogP contribution is -2.14. The second-order valence-electron chi connectivity index (χ2n) is 5.29. The molecule has 0 radical (unpaired) electrons. The van der Waals surface area contributed by atoms with E-state index in [2.05, 4.69) is 6.07 Å². The predicted octanol–water partition coefficient (Wildman–Crippen LogP) is 3.03. The molecule has 1 atom stereocenters. The third-order valence-electron chi connectivity index (χ3n) is 3.00. The monoisotopic (exact) mass is 262 g/mol. The molecule has 1 rings (SSSR count). The van der Waals surface area contributed by atoms with Gasteiger partial charge in [-0.3, -0.25) is 0 Å². The molecule has 0 saturated carbocycles. The van der Waals surface area contributed by atoms with Crippen molar-refractivity contribution in [1.82, 2.24) is 0 Å². The van der Waals surface area contributed by atoms with Gasteiger partial charge in [0.2, 0.25) is 0 Å². The molecule has 0 aliphatic carbocycles. The predicted molar refractivity (Wildman–Crippen MR) is 75.1 cm³/mol. The van der Waals surface area contributed by atoms with E-state index < -0.39 is 0 Å². The number of hydrogen-bond acceptors (Lipinski definition) is 4. The van der Waals surface area contributed by atoms with Gasteiger partial charge < -0.3 is 15.2 Å². The van der Waals surface area contributed by atoms with Crippen LogP contribution in [0.15, 0.2) is 18.2 Å². The van der Waals surface area contributed by atoms with Gasteiger partial charge in [-0.25, -0.2) is 0 Å². The SMILES string of the molecule is COc1ccc([C@@H](C)N)c(OCCC(C)(C)C#N)c1. The molecule has 0 unspecified atom stereocenters. The lowest BCUT2D eigenvalue weighted by Gasteiger charge is -2.18. The van der Waals surface area contributed by atoms with Gasteiger partial charge in [0.25, 0.3) is 0 Å². The van der Waals surface area contributed by atoms with Crippen LogP contribution in [0.5, 0.6) is 11.5 Å². The minimum atomic E-state index is -0.382. The van der Waals surface area contributed by atoms with E-state index >= 15 is 0 Å². The topological polar surface area (TPSA) is 68.3 Å². The summed E-state index contributed by atoms with van der Waals surface area (Å²) >= 11 is 0. The normalized spacial score (nSPS) is 12.6. The summed E-state index contributed by atoms with van der Waals surface area (Å²) in [5.41, 5.74) is 6.48. The van der Waals surface area contributed by atoms with E-state index in [-0.39, 0.29) is 11.5 Å². The van der Waals surface area contributed by atoms with Crippen LogP contribution in [-0.4, -0.2) is 13.7 Å². The number of nitrogens with zero attached hydrogens (tertiary/aromatic N) is 1. The Balaban J connectivity index is 2.78. The van der Waals surface area contributed by atoms with Crippen LogP contribution in [0.3, 0.4) is 0 Å². The van der Waals surface area contributed by atoms with Gasteiger partial charge >= 0.3 is 0 Å². The van der Waals surface area contributed by atoms with Crippen LogP contribution in [-0.2, 0) is 0 Å². The van der Waals surface area contributed by atoms with E-state index in [9.17, 15) is 0 Å². The van der Waals surface area contributed by atoms with Gasteiger partial charge in [-0.1, -0.05) is 6.07 Å². The fourth-order valence-electron chi connectivity index (χ4n) is 1.61. The van der Waals surface area contributed by atoms with Crippen molar-refractivity contribution in [2.75, 3.05) is 13.7 Å². The summed E-state index contributed by atoms with van der Waals surface area (Å²) in [5, 5.41) is 8.97. The summed E-state index contributed by atoms with van der Waals surface area (Å²) in [6.07, 6.45) is 0.666. The molecule has 0 fully saturated rings. The summed E-state index contributed by atoms with van der Waals surface area (Å²) < 4.78 is 11.0. The van der Waals surface area contributed by atoms with E-state index in [0.717, 1.165) is 17.1 Å². The van der Waals surface area contributed by atoms with Gasteiger partial charge in [-0.05, 0) is 33.3 Å². The Labute approximate surface area is 115 Å². The molecular formula is C15H22N2O2. The highest BCUT2D eigenvalue weighted by Crippen LogP contribution is 2.29. The molecule has 19 heavy (non-hydrogen) atoms. The van der Waals surface area contributed by atoms with Gasteiger partial charge in [-0.2, -0.15) is 5.26 Å². The number of hydrogen-bond donors (Lipinski definition) is 1. The first-order valence-electron chi connectivity index (χ1n) is 6.37. The van der Waals surface area contributed by atoms with Crippen molar-refractivity contribution in [3.05, 3.63) is 23.8 Å². The third-order valence-corrected chi connectivity index (χ3v) is 3.00.